The van der Waals surface area contributed by atoms with Gasteiger partial charge in [0.15, 0.2) is 0 Å². The molecule has 1 rings (SSSR count). The van der Waals surface area contributed by atoms with Crippen LogP contribution in [-0.2, 0) is 15.1 Å². The van der Waals surface area contributed by atoms with Crippen molar-refractivity contribution in [2.45, 2.75) is 26.4 Å². The first-order valence-electron chi connectivity index (χ1n) is 4.91. The van der Waals surface area contributed by atoms with E-state index in [1.54, 1.807) is 0 Å². The first-order valence-corrected chi connectivity index (χ1v) is 7.11. The molecule has 0 N–H and O–H groups in total. The van der Waals surface area contributed by atoms with Crippen molar-refractivity contribution in [1.82, 2.24) is 0 Å². The van der Waals surface area contributed by atoms with Crippen LogP contribution >= 0.6 is 38.5 Å². The molecule has 0 bridgehead atoms. The average Bonchev–Trinajstić information content (AvgIpc) is 2.21. The van der Waals surface area contributed by atoms with Crippen molar-refractivity contribution in [1.29, 1.82) is 0 Å². The smallest absolute Gasteiger partial charge is 0.317 e. The van der Waals surface area contributed by atoms with Crippen LogP contribution in [0.25, 0.3) is 0 Å². The molecule has 1 aromatic carbocycles. The molecule has 0 radical (unpaired) electrons. The predicted octanol–water partition coefficient (Wildman–Crippen LogP) is 3.77. The summed E-state index contributed by atoms with van der Waals surface area (Å²) >= 11 is 5.38. The van der Waals surface area contributed by atoms with Crippen molar-refractivity contribution >= 4 is 44.5 Å². The van der Waals surface area contributed by atoms with Crippen LogP contribution in [-0.4, -0.2) is 11.3 Å². The molecule has 0 heterocycles. The highest BCUT2D eigenvalue weighted by Crippen LogP contribution is 2.27. The molecular weight excluding hydrogens is 383 g/mol. The second-order valence-electron chi connectivity index (χ2n) is 4.08. The third-order valence-electron chi connectivity index (χ3n) is 2.33. The van der Waals surface area contributed by atoms with Crippen molar-refractivity contribution in [2.75, 3.05) is 5.33 Å². The van der Waals surface area contributed by atoms with E-state index in [1.807, 2.05) is 32.9 Å². The number of esters is 1. The normalized spacial score (nSPS) is 11.3. The Morgan fingerprint density at radius 3 is 2.62 bits per heavy atom. The van der Waals surface area contributed by atoms with E-state index in [2.05, 4.69) is 44.6 Å². The Labute approximate surface area is 118 Å². The van der Waals surface area contributed by atoms with Gasteiger partial charge in [0.1, 0.15) is 10.9 Å². The quantitative estimate of drug-likeness (QED) is 0.441. The van der Waals surface area contributed by atoms with Gasteiger partial charge in [0, 0.05) is 3.57 Å². The van der Waals surface area contributed by atoms with Gasteiger partial charge < -0.3 is 4.74 Å². The number of aryl methyl sites for hydroxylation is 1. The topological polar surface area (TPSA) is 26.3 Å². The third-order valence-corrected chi connectivity index (χ3v) is 4.00. The number of halogens is 2. The fourth-order valence-electron chi connectivity index (χ4n) is 1.39. The van der Waals surface area contributed by atoms with E-state index in [9.17, 15) is 4.79 Å². The van der Waals surface area contributed by atoms with E-state index in [-0.39, 0.29) is 11.3 Å². The Bertz CT molecular complexity index is 402. The maximum absolute atomic E-state index is 11.3. The van der Waals surface area contributed by atoms with E-state index in [4.69, 9.17) is 4.74 Å². The van der Waals surface area contributed by atoms with E-state index in [0.29, 0.717) is 0 Å². The minimum Gasteiger partial charge on any atom is -0.454 e. The first-order chi connectivity index (χ1) is 7.36. The lowest BCUT2D eigenvalue weighted by molar-refractivity contribution is -0.153. The molecular formula is C12H14BrIO2. The van der Waals surface area contributed by atoms with Gasteiger partial charge >= 0.3 is 5.97 Å². The molecule has 0 spiro atoms. The van der Waals surface area contributed by atoms with Crippen molar-refractivity contribution in [3.63, 3.8) is 0 Å². The molecule has 0 unspecified atom stereocenters. The maximum Gasteiger partial charge on any atom is 0.317 e. The zero-order chi connectivity index (χ0) is 12.3. The lowest BCUT2D eigenvalue weighted by atomic mass is 9.96. The summed E-state index contributed by atoms with van der Waals surface area (Å²) in [5.41, 5.74) is 1.63. The van der Waals surface area contributed by atoms with Gasteiger partial charge in [-0.05, 0) is 60.6 Å². The van der Waals surface area contributed by atoms with Gasteiger partial charge in [-0.1, -0.05) is 28.1 Å². The monoisotopic (exact) mass is 396 g/mol. The van der Waals surface area contributed by atoms with Gasteiger partial charge in [-0.15, -0.1) is 0 Å². The average molecular weight is 397 g/mol. The predicted molar refractivity (Wildman–Crippen MR) is 76.8 cm³/mol. The van der Waals surface area contributed by atoms with Crippen molar-refractivity contribution < 1.29 is 9.53 Å². The molecule has 0 aromatic heterocycles. The molecule has 0 saturated heterocycles. The van der Waals surface area contributed by atoms with Gasteiger partial charge in [-0.2, -0.15) is 0 Å². The number of hydrogen-bond acceptors (Lipinski definition) is 2. The standard InChI is InChI=1S/C12H14BrIO2/c1-8-6-9(4-5-10(8)14)12(2,3)16-11(15)7-13/h4-6H,7H2,1-3H3. The molecule has 0 fully saturated rings. The summed E-state index contributed by atoms with van der Waals surface area (Å²) in [5.74, 6) is -0.249. The highest BCUT2D eigenvalue weighted by atomic mass is 127. The minimum absolute atomic E-state index is 0.222. The van der Waals surface area contributed by atoms with E-state index in [1.165, 1.54) is 9.13 Å². The molecule has 0 aliphatic carbocycles. The molecule has 1 aromatic rings. The fourth-order valence-corrected chi connectivity index (χ4v) is 1.84. The largest absolute Gasteiger partial charge is 0.454 e. The number of alkyl halides is 1. The molecule has 0 aliphatic heterocycles. The van der Waals surface area contributed by atoms with Gasteiger partial charge in [0.25, 0.3) is 0 Å². The summed E-state index contributed by atoms with van der Waals surface area (Å²) in [7, 11) is 0. The van der Waals surface area contributed by atoms with Gasteiger partial charge in [0.2, 0.25) is 0 Å². The Hall–Kier alpha value is -0.100. The molecule has 0 atom stereocenters. The van der Waals surface area contributed by atoms with Crippen LogP contribution in [0.4, 0.5) is 0 Å². The number of benzene rings is 1. The SMILES string of the molecule is Cc1cc(C(C)(C)OC(=O)CBr)ccc1I. The molecule has 0 saturated carbocycles. The van der Waals surface area contributed by atoms with Crippen LogP contribution in [0.2, 0.25) is 0 Å². The van der Waals surface area contributed by atoms with Crippen LogP contribution in [0.3, 0.4) is 0 Å². The third kappa shape index (κ3) is 3.45. The second kappa shape index (κ2) is 5.49. The lowest BCUT2D eigenvalue weighted by Gasteiger charge is -2.25. The van der Waals surface area contributed by atoms with Gasteiger partial charge in [-0.3, -0.25) is 4.79 Å². The Balaban J connectivity index is 2.97. The molecule has 4 heteroatoms. The van der Waals surface area contributed by atoms with Crippen LogP contribution in [0.15, 0.2) is 18.2 Å². The van der Waals surface area contributed by atoms with Crippen LogP contribution in [0.5, 0.6) is 0 Å². The number of ether oxygens (including phenoxy) is 1. The van der Waals surface area contributed by atoms with Gasteiger partial charge in [-0.25, -0.2) is 0 Å². The maximum atomic E-state index is 11.3. The van der Waals surface area contributed by atoms with Crippen molar-refractivity contribution in [2.24, 2.45) is 0 Å². The summed E-state index contributed by atoms with van der Waals surface area (Å²) in [6.45, 7) is 5.85. The zero-order valence-corrected chi connectivity index (χ0v) is 13.3. The minimum atomic E-state index is -0.583. The first kappa shape index (κ1) is 14.0. The molecule has 2 nitrogen and oxygen atoms in total. The summed E-state index contributed by atoms with van der Waals surface area (Å²) in [6.07, 6.45) is 0. The van der Waals surface area contributed by atoms with Crippen LogP contribution in [0.1, 0.15) is 25.0 Å². The molecule has 0 amide bonds. The summed E-state index contributed by atoms with van der Waals surface area (Å²) < 4.78 is 6.59. The van der Waals surface area contributed by atoms with E-state index < -0.39 is 5.60 Å². The van der Waals surface area contributed by atoms with E-state index >= 15 is 0 Å². The zero-order valence-electron chi connectivity index (χ0n) is 9.51. The highest BCUT2D eigenvalue weighted by molar-refractivity contribution is 14.1. The molecule has 88 valence electrons. The number of carbonyl (C=O) groups is 1. The summed E-state index contributed by atoms with van der Waals surface area (Å²) in [5, 5.41) is 0.222. The van der Waals surface area contributed by atoms with Crippen LogP contribution in [0, 0.1) is 10.5 Å². The Morgan fingerprint density at radius 2 is 2.12 bits per heavy atom. The van der Waals surface area contributed by atoms with Crippen molar-refractivity contribution in [3.05, 3.63) is 32.9 Å². The number of hydrogen-bond donors (Lipinski definition) is 0. The fraction of sp³-hybridized carbons (Fsp3) is 0.417. The van der Waals surface area contributed by atoms with E-state index in [0.717, 1.165) is 5.56 Å². The molecule has 16 heavy (non-hydrogen) atoms. The lowest BCUT2D eigenvalue weighted by Crippen LogP contribution is -2.26. The Morgan fingerprint density at radius 1 is 1.50 bits per heavy atom. The highest BCUT2D eigenvalue weighted by Gasteiger charge is 2.25. The second-order valence-corrected chi connectivity index (χ2v) is 5.80. The summed E-state index contributed by atoms with van der Waals surface area (Å²) in [6, 6.07) is 6.09. The Kier molecular flexibility index (Phi) is 4.79. The van der Waals surface area contributed by atoms with Crippen LogP contribution < -0.4 is 0 Å². The summed E-state index contributed by atoms with van der Waals surface area (Å²) in [4.78, 5) is 11.3. The van der Waals surface area contributed by atoms with Gasteiger partial charge in [0.05, 0.1) is 0 Å². The van der Waals surface area contributed by atoms with Crippen molar-refractivity contribution in [3.8, 4) is 0 Å². The number of rotatable bonds is 3. The molecule has 0 aliphatic rings. The number of carbonyl (C=O) groups excluding carboxylic acids is 1.